The Hall–Kier alpha value is -2.51. The molecule has 5 rings (SSSR count). The summed E-state index contributed by atoms with van der Waals surface area (Å²) in [5, 5.41) is 11.0. The molecular weight excluding hydrogens is 390 g/mol. The molecule has 0 saturated heterocycles. The maximum atomic E-state index is 13.3. The number of carbonyl (C=O) groups excluding carboxylic acids is 1. The first-order chi connectivity index (χ1) is 13.7. The fraction of sp³-hybridized carbons (Fsp3) is 0.238. The summed E-state index contributed by atoms with van der Waals surface area (Å²) >= 11 is 3.37. The van der Waals surface area contributed by atoms with Crippen LogP contribution in [0.5, 0.6) is 0 Å². The molecule has 1 aromatic carbocycles. The van der Waals surface area contributed by atoms with Crippen LogP contribution < -0.4 is 10.9 Å². The molecular formula is C21H19N3O2S2. The number of aromatic nitrogens is 2. The Labute approximate surface area is 170 Å². The summed E-state index contributed by atoms with van der Waals surface area (Å²) in [5.74, 6) is 0.638. The minimum atomic E-state index is -0.339. The summed E-state index contributed by atoms with van der Waals surface area (Å²) < 4.78 is 0. The molecule has 7 heteroatoms. The van der Waals surface area contributed by atoms with Crippen LogP contribution in [-0.4, -0.2) is 22.2 Å². The van der Waals surface area contributed by atoms with E-state index in [4.69, 9.17) is 0 Å². The Morgan fingerprint density at radius 1 is 1.07 bits per heavy atom. The lowest BCUT2D eigenvalue weighted by atomic mass is 9.74. The molecule has 0 amide bonds. The topological polar surface area (TPSA) is 77.8 Å². The van der Waals surface area contributed by atoms with Crippen LogP contribution in [0.1, 0.15) is 40.7 Å². The van der Waals surface area contributed by atoms with Crippen molar-refractivity contribution < 1.29 is 4.79 Å². The predicted octanol–water partition coefficient (Wildman–Crippen LogP) is 4.44. The molecule has 2 aromatic heterocycles. The maximum absolute atomic E-state index is 13.3. The molecule has 142 valence electrons. The second-order valence-corrected chi connectivity index (χ2v) is 8.99. The van der Waals surface area contributed by atoms with Crippen LogP contribution in [0.4, 0.5) is 5.82 Å². The molecule has 0 fully saturated rings. The molecule has 0 radical (unpaired) electrons. The Morgan fingerprint density at radius 3 is 2.61 bits per heavy atom. The SMILES string of the molecule is CSc1ccc(C2C3=C(CC(c4cccs4)CC3=O)Nc3[nH][nH]c(=O)c32)cc1. The lowest BCUT2D eigenvalue weighted by Crippen LogP contribution is -2.31. The third-order valence-corrected chi connectivity index (χ3v) is 7.35. The number of H-pyrrole nitrogens is 2. The molecule has 3 N–H and O–H groups in total. The number of fused-ring (bicyclic) bond motifs is 1. The number of rotatable bonds is 3. The zero-order valence-corrected chi connectivity index (χ0v) is 16.9. The van der Waals surface area contributed by atoms with Gasteiger partial charge < -0.3 is 5.32 Å². The fourth-order valence-corrected chi connectivity index (χ4v) is 5.51. The monoisotopic (exact) mass is 409 g/mol. The second-order valence-electron chi connectivity index (χ2n) is 7.13. The third kappa shape index (κ3) is 2.77. The van der Waals surface area contributed by atoms with E-state index >= 15 is 0 Å². The Morgan fingerprint density at radius 2 is 1.89 bits per heavy atom. The number of hydrogen-bond acceptors (Lipinski definition) is 5. The van der Waals surface area contributed by atoms with Crippen LogP contribution in [0, 0.1) is 0 Å². The van der Waals surface area contributed by atoms with Crippen molar-refractivity contribution in [2.75, 3.05) is 11.6 Å². The van der Waals surface area contributed by atoms with E-state index in [1.54, 1.807) is 23.1 Å². The maximum Gasteiger partial charge on any atom is 0.270 e. The third-order valence-electron chi connectivity index (χ3n) is 5.57. The van der Waals surface area contributed by atoms with Crippen molar-refractivity contribution in [2.45, 2.75) is 29.6 Å². The molecule has 0 bridgehead atoms. The van der Waals surface area contributed by atoms with Crippen LogP contribution >= 0.6 is 23.1 Å². The van der Waals surface area contributed by atoms with Gasteiger partial charge in [-0.3, -0.25) is 19.8 Å². The number of carbonyl (C=O) groups is 1. The van der Waals surface area contributed by atoms with Gasteiger partial charge in [0, 0.05) is 39.3 Å². The summed E-state index contributed by atoms with van der Waals surface area (Å²) in [6, 6.07) is 12.3. The zero-order chi connectivity index (χ0) is 19.3. The van der Waals surface area contributed by atoms with E-state index < -0.39 is 0 Å². The first kappa shape index (κ1) is 17.6. The van der Waals surface area contributed by atoms with Crippen LogP contribution in [-0.2, 0) is 4.79 Å². The van der Waals surface area contributed by atoms with Crippen LogP contribution in [0.15, 0.2) is 62.7 Å². The lowest BCUT2D eigenvalue weighted by molar-refractivity contribution is -0.116. The van der Waals surface area contributed by atoms with Crippen molar-refractivity contribution in [3.05, 3.63) is 79.4 Å². The number of nitrogens with one attached hydrogen (secondary N) is 3. The van der Waals surface area contributed by atoms with Gasteiger partial charge in [-0.1, -0.05) is 18.2 Å². The zero-order valence-electron chi connectivity index (χ0n) is 15.2. The van der Waals surface area contributed by atoms with Crippen LogP contribution in [0.3, 0.4) is 0 Å². The molecule has 2 aliphatic rings. The van der Waals surface area contributed by atoms with Crippen molar-refractivity contribution in [2.24, 2.45) is 0 Å². The van der Waals surface area contributed by atoms with Crippen molar-refractivity contribution in [3.8, 4) is 0 Å². The number of Topliss-reactive ketones (excluding diaryl/α,β-unsaturated/α-hetero) is 1. The molecule has 0 spiro atoms. The van der Waals surface area contributed by atoms with Crippen molar-refractivity contribution >= 4 is 34.7 Å². The number of thioether (sulfide) groups is 1. The highest BCUT2D eigenvalue weighted by atomic mass is 32.2. The van der Waals surface area contributed by atoms with E-state index in [9.17, 15) is 9.59 Å². The quantitative estimate of drug-likeness (QED) is 0.559. The number of allylic oxidation sites excluding steroid dienone is 2. The van der Waals surface area contributed by atoms with Gasteiger partial charge in [0.2, 0.25) is 0 Å². The van der Waals surface area contributed by atoms with Gasteiger partial charge in [-0.2, -0.15) is 0 Å². The number of aromatic amines is 2. The van der Waals surface area contributed by atoms with Crippen LogP contribution in [0.25, 0.3) is 0 Å². The molecule has 3 aromatic rings. The Bertz CT molecular complexity index is 1120. The largest absolute Gasteiger partial charge is 0.343 e. The summed E-state index contributed by atoms with van der Waals surface area (Å²) in [7, 11) is 0. The van der Waals surface area contributed by atoms with Gasteiger partial charge >= 0.3 is 0 Å². The molecule has 5 nitrogen and oxygen atoms in total. The second kappa shape index (κ2) is 6.83. The van der Waals surface area contributed by atoms with Gasteiger partial charge in [-0.15, -0.1) is 23.1 Å². The highest BCUT2D eigenvalue weighted by Gasteiger charge is 2.40. The number of anilines is 1. The van der Waals surface area contributed by atoms with E-state index in [1.807, 2.05) is 36.6 Å². The Balaban J connectivity index is 1.63. The summed E-state index contributed by atoms with van der Waals surface area (Å²) in [6.07, 6.45) is 3.29. The van der Waals surface area contributed by atoms with Gasteiger partial charge in [0.15, 0.2) is 5.78 Å². The average Bonchev–Trinajstić information content (AvgIpc) is 3.37. The summed E-state index contributed by atoms with van der Waals surface area (Å²) in [4.78, 5) is 28.2. The smallest absolute Gasteiger partial charge is 0.270 e. The minimum Gasteiger partial charge on any atom is -0.343 e. The predicted molar refractivity (Wildman–Crippen MR) is 113 cm³/mol. The van der Waals surface area contributed by atoms with Crippen LogP contribution in [0.2, 0.25) is 0 Å². The van der Waals surface area contributed by atoms with Gasteiger partial charge in [-0.05, 0) is 41.8 Å². The molecule has 1 aliphatic heterocycles. The van der Waals surface area contributed by atoms with Crippen molar-refractivity contribution in [1.82, 2.24) is 10.2 Å². The van der Waals surface area contributed by atoms with E-state index in [1.165, 1.54) is 4.88 Å². The van der Waals surface area contributed by atoms with E-state index in [-0.39, 0.29) is 23.2 Å². The summed E-state index contributed by atoms with van der Waals surface area (Å²) in [6.45, 7) is 0. The average molecular weight is 410 g/mol. The number of thiophene rings is 1. The highest BCUT2D eigenvalue weighted by molar-refractivity contribution is 7.98. The fourth-order valence-electron chi connectivity index (χ4n) is 4.28. The first-order valence-electron chi connectivity index (χ1n) is 9.17. The number of benzene rings is 1. The molecule has 28 heavy (non-hydrogen) atoms. The molecule has 2 atom stereocenters. The van der Waals surface area contributed by atoms with Gasteiger partial charge in [0.05, 0.1) is 5.56 Å². The normalized spacial score (nSPS) is 21.2. The molecule has 1 aliphatic carbocycles. The van der Waals surface area contributed by atoms with Crippen molar-refractivity contribution in [3.63, 3.8) is 0 Å². The molecule has 0 saturated carbocycles. The number of hydrogen-bond donors (Lipinski definition) is 3. The first-order valence-corrected chi connectivity index (χ1v) is 11.3. The van der Waals surface area contributed by atoms with Gasteiger partial charge in [-0.25, -0.2) is 0 Å². The van der Waals surface area contributed by atoms with E-state index in [0.29, 0.717) is 17.8 Å². The lowest BCUT2D eigenvalue weighted by Gasteiger charge is -2.34. The summed E-state index contributed by atoms with van der Waals surface area (Å²) in [5.41, 5.74) is 3.06. The minimum absolute atomic E-state index is 0.123. The van der Waals surface area contributed by atoms with E-state index in [0.717, 1.165) is 28.1 Å². The van der Waals surface area contributed by atoms with Gasteiger partial charge in [0.25, 0.3) is 5.56 Å². The molecule has 2 unspecified atom stereocenters. The Kier molecular flexibility index (Phi) is 4.29. The standard InChI is InChI=1S/C21H19N3O2S2/c1-27-13-6-4-11(5-7-13)17-18-14(22-20-19(17)21(26)24-23-20)9-12(10-15(18)25)16-3-2-8-28-16/h2-8,12,17H,9-10H2,1H3,(H3,22,23,24,26). The highest BCUT2D eigenvalue weighted by Crippen LogP contribution is 2.47. The van der Waals surface area contributed by atoms with Gasteiger partial charge in [0.1, 0.15) is 5.82 Å². The van der Waals surface area contributed by atoms with Crippen molar-refractivity contribution in [1.29, 1.82) is 0 Å². The van der Waals surface area contributed by atoms with E-state index in [2.05, 4.69) is 27.0 Å². The number of ketones is 1. The molecule has 3 heterocycles.